The van der Waals surface area contributed by atoms with Gasteiger partial charge >= 0.3 is 0 Å². The Hall–Kier alpha value is -1.89. The Labute approximate surface area is 125 Å². The Bertz CT molecular complexity index is 621. The van der Waals surface area contributed by atoms with E-state index in [1.807, 2.05) is 13.8 Å². The fourth-order valence-electron chi connectivity index (χ4n) is 1.72. The SMILES string of the molecule is CC(C)NC(=O)CN(C)C(=O)c1ccc(S(C)(=O)=O)cc1. The van der Waals surface area contributed by atoms with Gasteiger partial charge in [-0.2, -0.15) is 0 Å². The van der Waals surface area contributed by atoms with Gasteiger partial charge in [0, 0.05) is 24.9 Å². The van der Waals surface area contributed by atoms with E-state index in [4.69, 9.17) is 0 Å². The average Bonchev–Trinajstić information content (AvgIpc) is 2.35. The summed E-state index contributed by atoms with van der Waals surface area (Å²) in [7, 11) is -1.77. The molecule has 0 aliphatic rings. The summed E-state index contributed by atoms with van der Waals surface area (Å²) < 4.78 is 22.7. The second kappa shape index (κ2) is 6.71. The highest BCUT2D eigenvalue weighted by Gasteiger charge is 2.16. The van der Waals surface area contributed by atoms with Gasteiger partial charge in [-0.15, -0.1) is 0 Å². The topological polar surface area (TPSA) is 83.6 Å². The van der Waals surface area contributed by atoms with Crippen molar-refractivity contribution in [3.63, 3.8) is 0 Å². The maximum absolute atomic E-state index is 12.1. The van der Waals surface area contributed by atoms with Crippen LogP contribution in [0, 0.1) is 0 Å². The Balaban J connectivity index is 2.77. The molecule has 0 unspecified atom stereocenters. The van der Waals surface area contributed by atoms with Gasteiger partial charge in [-0.1, -0.05) is 0 Å². The van der Waals surface area contributed by atoms with Crippen molar-refractivity contribution < 1.29 is 18.0 Å². The lowest BCUT2D eigenvalue weighted by molar-refractivity contribution is -0.122. The number of hydrogen-bond donors (Lipinski definition) is 1. The van der Waals surface area contributed by atoms with Gasteiger partial charge in [-0.25, -0.2) is 8.42 Å². The summed E-state index contributed by atoms with van der Waals surface area (Å²) in [6.07, 6.45) is 1.10. The van der Waals surface area contributed by atoms with Crippen LogP contribution in [0.5, 0.6) is 0 Å². The molecule has 0 aromatic heterocycles. The minimum absolute atomic E-state index is 0.00930. The van der Waals surface area contributed by atoms with Crippen molar-refractivity contribution in [2.75, 3.05) is 19.8 Å². The normalized spacial score (nSPS) is 11.3. The van der Waals surface area contributed by atoms with Gasteiger partial charge in [0.2, 0.25) is 5.91 Å². The van der Waals surface area contributed by atoms with Crippen molar-refractivity contribution in [2.24, 2.45) is 0 Å². The highest BCUT2D eigenvalue weighted by Crippen LogP contribution is 2.11. The number of hydrogen-bond acceptors (Lipinski definition) is 4. The summed E-state index contributed by atoms with van der Waals surface area (Å²) in [5.74, 6) is -0.581. The molecule has 1 N–H and O–H groups in total. The molecule has 0 heterocycles. The largest absolute Gasteiger partial charge is 0.352 e. The number of sulfone groups is 1. The molecule has 6 nitrogen and oxygen atoms in total. The summed E-state index contributed by atoms with van der Waals surface area (Å²) in [6.45, 7) is 3.62. The summed E-state index contributed by atoms with van der Waals surface area (Å²) in [6, 6.07) is 5.65. The van der Waals surface area contributed by atoms with Gasteiger partial charge in [-0.05, 0) is 38.1 Å². The van der Waals surface area contributed by atoms with Crippen LogP contribution in [0.2, 0.25) is 0 Å². The van der Waals surface area contributed by atoms with Crippen LogP contribution >= 0.6 is 0 Å². The zero-order valence-corrected chi connectivity index (χ0v) is 13.4. The Morgan fingerprint density at radius 2 is 1.71 bits per heavy atom. The van der Waals surface area contributed by atoms with Crippen molar-refractivity contribution >= 4 is 21.7 Å². The van der Waals surface area contributed by atoms with E-state index in [9.17, 15) is 18.0 Å². The van der Waals surface area contributed by atoms with Crippen LogP contribution in [0.1, 0.15) is 24.2 Å². The molecular formula is C14H20N2O4S. The molecule has 0 atom stereocenters. The molecule has 116 valence electrons. The van der Waals surface area contributed by atoms with E-state index < -0.39 is 9.84 Å². The minimum Gasteiger partial charge on any atom is -0.352 e. The lowest BCUT2D eigenvalue weighted by atomic mass is 10.2. The maximum atomic E-state index is 12.1. The van der Waals surface area contributed by atoms with Crippen molar-refractivity contribution in [2.45, 2.75) is 24.8 Å². The Kier molecular flexibility index (Phi) is 5.48. The van der Waals surface area contributed by atoms with Crippen molar-refractivity contribution in [3.05, 3.63) is 29.8 Å². The van der Waals surface area contributed by atoms with Gasteiger partial charge in [0.15, 0.2) is 9.84 Å². The second-order valence-electron chi connectivity index (χ2n) is 5.18. The van der Waals surface area contributed by atoms with Crippen LogP contribution in [0.25, 0.3) is 0 Å². The molecule has 0 saturated carbocycles. The molecule has 1 aromatic carbocycles. The first kappa shape index (κ1) is 17.2. The monoisotopic (exact) mass is 312 g/mol. The van der Waals surface area contributed by atoms with E-state index in [0.717, 1.165) is 6.26 Å². The second-order valence-corrected chi connectivity index (χ2v) is 7.20. The third kappa shape index (κ3) is 5.18. The number of carbonyl (C=O) groups excluding carboxylic acids is 2. The molecule has 0 aliphatic heterocycles. The summed E-state index contributed by atoms with van der Waals surface area (Å²) in [5, 5.41) is 2.70. The Morgan fingerprint density at radius 3 is 2.14 bits per heavy atom. The predicted molar refractivity (Wildman–Crippen MR) is 79.8 cm³/mol. The van der Waals surface area contributed by atoms with E-state index >= 15 is 0 Å². The van der Waals surface area contributed by atoms with Gasteiger partial charge in [-0.3, -0.25) is 9.59 Å². The first-order valence-corrected chi connectivity index (χ1v) is 8.35. The average molecular weight is 312 g/mol. The summed E-state index contributed by atoms with van der Waals surface area (Å²) >= 11 is 0. The van der Waals surface area contributed by atoms with Crippen LogP contribution in [-0.4, -0.2) is 51.0 Å². The lowest BCUT2D eigenvalue weighted by Crippen LogP contribution is -2.40. The van der Waals surface area contributed by atoms with Crippen molar-refractivity contribution in [1.29, 1.82) is 0 Å². The third-order valence-electron chi connectivity index (χ3n) is 2.71. The number of rotatable bonds is 5. The quantitative estimate of drug-likeness (QED) is 0.867. The van der Waals surface area contributed by atoms with Crippen LogP contribution < -0.4 is 5.32 Å². The standard InChI is InChI=1S/C14H20N2O4S/c1-10(2)15-13(17)9-16(3)14(18)11-5-7-12(8-6-11)21(4,19)20/h5-8,10H,9H2,1-4H3,(H,15,17). The van der Waals surface area contributed by atoms with Crippen LogP contribution in [0.4, 0.5) is 0 Å². The number of amides is 2. The van der Waals surface area contributed by atoms with E-state index in [1.165, 1.54) is 36.2 Å². The summed E-state index contributed by atoms with van der Waals surface area (Å²) in [5.41, 5.74) is 0.335. The predicted octanol–water partition coefficient (Wildman–Crippen LogP) is 0.687. The molecule has 1 rings (SSSR count). The smallest absolute Gasteiger partial charge is 0.254 e. The molecule has 0 spiro atoms. The molecule has 7 heteroatoms. The zero-order valence-electron chi connectivity index (χ0n) is 12.6. The number of benzene rings is 1. The van der Waals surface area contributed by atoms with E-state index in [0.29, 0.717) is 5.56 Å². The molecule has 2 amide bonds. The molecule has 0 bridgehead atoms. The molecule has 0 aliphatic carbocycles. The van der Waals surface area contributed by atoms with Crippen LogP contribution in [0.15, 0.2) is 29.2 Å². The third-order valence-corrected chi connectivity index (χ3v) is 3.84. The Morgan fingerprint density at radius 1 is 1.19 bits per heavy atom. The van der Waals surface area contributed by atoms with Crippen molar-refractivity contribution in [3.8, 4) is 0 Å². The van der Waals surface area contributed by atoms with Crippen LogP contribution in [0.3, 0.4) is 0 Å². The van der Waals surface area contributed by atoms with Crippen LogP contribution in [-0.2, 0) is 14.6 Å². The van der Waals surface area contributed by atoms with Crippen molar-refractivity contribution in [1.82, 2.24) is 10.2 Å². The highest BCUT2D eigenvalue weighted by atomic mass is 32.2. The van der Waals surface area contributed by atoms with Gasteiger partial charge < -0.3 is 10.2 Å². The van der Waals surface area contributed by atoms with E-state index in [2.05, 4.69) is 5.32 Å². The fraction of sp³-hybridized carbons (Fsp3) is 0.429. The summed E-state index contributed by atoms with van der Waals surface area (Å²) in [4.78, 5) is 25.2. The minimum atomic E-state index is -3.29. The lowest BCUT2D eigenvalue weighted by Gasteiger charge is -2.18. The fourth-order valence-corrected chi connectivity index (χ4v) is 2.35. The number of nitrogens with one attached hydrogen (secondary N) is 1. The maximum Gasteiger partial charge on any atom is 0.254 e. The van der Waals surface area contributed by atoms with E-state index in [-0.39, 0.29) is 29.3 Å². The highest BCUT2D eigenvalue weighted by molar-refractivity contribution is 7.90. The first-order chi connectivity index (χ1) is 9.61. The number of nitrogens with zero attached hydrogens (tertiary/aromatic N) is 1. The van der Waals surface area contributed by atoms with Gasteiger partial charge in [0.05, 0.1) is 11.4 Å². The van der Waals surface area contributed by atoms with E-state index in [1.54, 1.807) is 0 Å². The molecule has 0 fully saturated rings. The molecule has 0 radical (unpaired) electrons. The zero-order chi connectivity index (χ0) is 16.2. The molecular weight excluding hydrogens is 292 g/mol. The molecule has 21 heavy (non-hydrogen) atoms. The number of likely N-dealkylation sites (N-methyl/N-ethyl adjacent to an activating group) is 1. The molecule has 0 saturated heterocycles. The molecule has 1 aromatic rings. The number of carbonyl (C=O) groups is 2. The van der Waals surface area contributed by atoms with Gasteiger partial charge in [0.1, 0.15) is 0 Å². The van der Waals surface area contributed by atoms with Gasteiger partial charge in [0.25, 0.3) is 5.91 Å². The first-order valence-electron chi connectivity index (χ1n) is 6.46.